The van der Waals surface area contributed by atoms with E-state index < -0.39 is 0 Å². The first-order valence-corrected chi connectivity index (χ1v) is 8.37. The average molecular weight is 287 g/mol. The lowest BCUT2D eigenvalue weighted by molar-refractivity contribution is 0.0980. The quantitative estimate of drug-likeness (QED) is 0.918. The lowest BCUT2D eigenvalue weighted by Gasteiger charge is -2.38. The molecule has 0 amide bonds. The van der Waals surface area contributed by atoms with Crippen LogP contribution in [0.1, 0.15) is 28.7 Å². The number of benzene rings is 1. The minimum Gasteiger partial charge on any atom is -0.315 e. The molecule has 0 aliphatic carbocycles. The van der Waals surface area contributed by atoms with E-state index >= 15 is 0 Å². The second kappa shape index (κ2) is 6.47. The lowest BCUT2D eigenvalue weighted by Crippen LogP contribution is -2.50. The van der Waals surface area contributed by atoms with Gasteiger partial charge in [-0.05, 0) is 56.0 Å². The van der Waals surface area contributed by atoms with Gasteiger partial charge in [0, 0.05) is 45.3 Å². The first-order valence-electron chi connectivity index (χ1n) is 8.37. The minimum absolute atomic E-state index is 0.788. The van der Waals surface area contributed by atoms with E-state index in [2.05, 4.69) is 48.0 Å². The Morgan fingerprint density at radius 2 is 1.71 bits per heavy atom. The Bertz CT molecular complexity index is 483. The molecule has 0 bridgehead atoms. The van der Waals surface area contributed by atoms with Crippen molar-refractivity contribution in [1.29, 1.82) is 0 Å². The lowest BCUT2D eigenvalue weighted by atomic mass is 10.0. The Morgan fingerprint density at radius 1 is 1.00 bits per heavy atom. The van der Waals surface area contributed by atoms with Crippen LogP contribution in [0.2, 0.25) is 0 Å². The topological polar surface area (TPSA) is 18.5 Å². The van der Waals surface area contributed by atoms with Crippen molar-refractivity contribution >= 4 is 0 Å². The number of piperazine rings is 1. The Labute approximate surface area is 129 Å². The first-order chi connectivity index (χ1) is 10.1. The van der Waals surface area contributed by atoms with E-state index in [9.17, 15) is 0 Å². The van der Waals surface area contributed by atoms with Crippen LogP contribution >= 0.6 is 0 Å². The van der Waals surface area contributed by atoms with Gasteiger partial charge in [0.05, 0.1) is 0 Å². The maximum Gasteiger partial charge on any atom is 0.0237 e. The second-order valence-electron chi connectivity index (χ2n) is 6.82. The van der Waals surface area contributed by atoms with Crippen molar-refractivity contribution in [3.05, 3.63) is 34.4 Å². The zero-order chi connectivity index (χ0) is 14.8. The van der Waals surface area contributed by atoms with Crippen molar-refractivity contribution in [3.8, 4) is 0 Å². The van der Waals surface area contributed by atoms with Gasteiger partial charge in [0.15, 0.2) is 0 Å². The third-order valence-electron chi connectivity index (χ3n) is 5.30. The molecule has 0 radical (unpaired) electrons. The minimum atomic E-state index is 0.788. The number of hydrogen-bond acceptors (Lipinski definition) is 3. The highest BCUT2D eigenvalue weighted by molar-refractivity contribution is 5.36. The third kappa shape index (κ3) is 3.47. The second-order valence-corrected chi connectivity index (χ2v) is 6.82. The predicted octanol–water partition coefficient (Wildman–Crippen LogP) is 2.09. The van der Waals surface area contributed by atoms with Crippen LogP contribution in [0, 0.1) is 20.8 Å². The fraction of sp³-hybridized carbons (Fsp3) is 0.667. The SMILES string of the molecule is Cc1cc(C)c(CN2CCN(C3CCNC3)CC2)cc1C. The van der Waals surface area contributed by atoms with Gasteiger partial charge in [-0.25, -0.2) is 0 Å². The highest BCUT2D eigenvalue weighted by Gasteiger charge is 2.26. The van der Waals surface area contributed by atoms with Crippen LogP contribution in [0.5, 0.6) is 0 Å². The molecule has 21 heavy (non-hydrogen) atoms. The smallest absolute Gasteiger partial charge is 0.0237 e. The maximum atomic E-state index is 3.48. The highest BCUT2D eigenvalue weighted by atomic mass is 15.3. The van der Waals surface area contributed by atoms with E-state index in [-0.39, 0.29) is 0 Å². The van der Waals surface area contributed by atoms with Crippen molar-refractivity contribution in [1.82, 2.24) is 15.1 Å². The number of aryl methyl sites for hydroxylation is 3. The highest BCUT2D eigenvalue weighted by Crippen LogP contribution is 2.19. The van der Waals surface area contributed by atoms with Crippen LogP contribution in [-0.4, -0.2) is 55.1 Å². The van der Waals surface area contributed by atoms with Crippen LogP contribution in [0.4, 0.5) is 0 Å². The summed E-state index contributed by atoms with van der Waals surface area (Å²) < 4.78 is 0. The summed E-state index contributed by atoms with van der Waals surface area (Å²) in [6.45, 7) is 15.1. The molecule has 1 aromatic rings. The molecule has 3 nitrogen and oxygen atoms in total. The van der Waals surface area contributed by atoms with Crippen molar-refractivity contribution in [2.24, 2.45) is 0 Å². The summed E-state index contributed by atoms with van der Waals surface area (Å²) in [7, 11) is 0. The Kier molecular flexibility index (Phi) is 4.63. The summed E-state index contributed by atoms with van der Waals surface area (Å²) >= 11 is 0. The van der Waals surface area contributed by atoms with Gasteiger partial charge < -0.3 is 5.32 Å². The average Bonchev–Trinajstić information content (AvgIpc) is 3.00. The van der Waals surface area contributed by atoms with E-state index in [4.69, 9.17) is 0 Å². The number of nitrogens with one attached hydrogen (secondary N) is 1. The molecule has 116 valence electrons. The molecule has 0 saturated carbocycles. The third-order valence-corrected chi connectivity index (χ3v) is 5.30. The monoisotopic (exact) mass is 287 g/mol. The summed E-state index contributed by atoms with van der Waals surface area (Å²) in [5.74, 6) is 0. The number of rotatable bonds is 3. The Morgan fingerprint density at radius 3 is 2.38 bits per heavy atom. The predicted molar refractivity (Wildman–Crippen MR) is 88.8 cm³/mol. The van der Waals surface area contributed by atoms with Crippen LogP contribution in [-0.2, 0) is 6.54 Å². The van der Waals surface area contributed by atoms with Gasteiger partial charge in [-0.2, -0.15) is 0 Å². The largest absolute Gasteiger partial charge is 0.315 e. The van der Waals surface area contributed by atoms with E-state index in [0.29, 0.717) is 0 Å². The molecule has 3 heteroatoms. The van der Waals surface area contributed by atoms with E-state index in [1.807, 2.05) is 0 Å². The molecule has 0 spiro atoms. The van der Waals surface area contributed by atoms with E-state index in [1.165, 1.54) is 67.9 Å². The van der Waals surface area contributed by atoms with Crippen LogP contribution in [0.25, 0.3) is 0 Å². The van der Waals surface area contributed by atoms with E-state index in [0.717, 1.165) is 12.6 Å². The van der Waals surface area contributed by atoms with Crippen LogP contribution in [0.3, 0.4) is 0 Å². The van der Waals surface area contributed by atoms with Crippen LogP contribution in [0.15, 0.2) is 12.1 Å². The van der Waals surface area contributed by atoms with Crippen molar-refractivity contribution in [2.45, 2.75) is 39.8 Å². The van der Waals surface area contributed by atoms with Gasteiger partial charge in [-0.15, -0.1) is 0 Å². The molecule has 1 aromatic carbocycles. The van der Waals surface area contributed by atoms with Gasteiger partial charge in [0.25, 0.3) is 0 Å². The summed E-state index contributed by atoms with van der Waals surface area (Å²) in [6, 6.07) is 5.51. The molecule has 1 atom stereocenters. The van der Waals surface area contributed by atoms with Gasteiger partial charge in [0.2, 0.25) is 0 Å². The zero-order valence-electron chi connectivity index (χ0n) is 13.8. The van der Waals surface area contributed by atoms with Gasteiger partial charge in [0.1, 0.15) is 0 Å². The van der Waals surface area contributed by atoms with E-state index in [1.54, 1.807) is 0 Å². The van der Waals surface area contributed by atoms with Crippen molar-refractivity contribution < 1.29 is 0 Å². The molecule has 1 N–H and O–H groups in total. The maximum absolute atomic E-state index is 3.48. The standard InChI is InChI=1S/C18H29N3/c1-14-10-16(3)17(11-15(14)2)13-20-6-8-21(9-7-20)18-4-5-19-12-18/h10-11,18-19H,4-9,12-13H2,1-3H3. The molecule has 0 aromatic heterocycles. The molecule has 2 aliphatic heterocycles. The molecule has 2 heterocycles. The molecule has 3 rings (SSSR count). The summed E-state index contributed by atoms with van der Waals surface area (Å²) in [4.78, 5) is 5.31. The summed E-state index contributed by atoms with van der Waals surface area (Å²) in [6.07, 6.45) is 1.33. The summed E-state index contributed by atoms with van der Waals surface area (Å²) in [5.41, 5.74) is 5.79. The molecule has 1 unspecified atom stereocenters. The summed E-state index contributed by atoms with van der Waals surface area (Å²) in [5, 5.41) is 3.48. The molecule has 2 fully saturated rings. The van der Waals surface area contributed by atoms with Gasteiger partial charge in [-0.1, -0.05) is 12.1 Å². The molecular weight excluding hydrogens is 258 g/mol. The number of hydrogen-bond donors (Lipinski definition) is 1. The Balaban J connectivity index is 1.56. The zero-order valence-corrected chi connectivity index (χ0v) is 13.8. The first kappa shape index (κ1) is 15.0. The van der Waals surface area contributed by atoms with Crippen LogP contribution < -0.4 is 5.32 Å². The fourth-order valence-corrected chi connectivity index (χ4v) is 3.67. The Hall–Kier alpha value is -0.900. The van der Waals surface area contributed by atoms with Crippen molar-refractivity contribution in [2.75, 3.05) is 39.3 Å². The van der Waals surface area contributed by atoms with Gasteiger partial charge in [-0.3, -0.25) is 9.80 Å². The van der Waals surface area contributed by atoms with Gasteiger partial charge >= 0.3 is 0 Å². The fourth-order valence-electron chi connectivity index (χ4n) is 3.67. The van der Waals surface area contributed by atoms with Crippen molar-refractivity contribution in [3.63, 3.8) is 0 Å². The molecule has 2 aliphatic rings. The molecule has 2 saturated heterocycles. The molecular formula is C18H29N3. The normalized spacial score (nSPS) is 24.6. The number of nitrogens with zero attached hydrogens (tertiary/aromatic N) is 2.